The van der Waals surface area contributed by atoms with Crippen molar-refractivity contribution in [1.29, 1.82) is 0 Å². The van der Waals surface area contributed by atoms with Gasteiger partial charge in [0.1, 0.15) is 12.4 Å². The molecule has 0 saturated heterocycles. The second kappa shape index (κ2) is 7.16. The van der Waals surface area contributed by atoms with E-state index < -0.39 is 0 Å². The van der Waals surface area contributed by atoms with Crippen molar-refractivity contribution in [3.05, 3.63) is 17.7 Å². The summed E-state index contributed by atoms with van der Waals surface area (Å²) in [5.74, 6) is 0.918. The third kappa shape index (κ3) is 4.14. The van der Waals surface area contributed by atoms with Gasteiger partial charge in [-0.15, -0.1) is 0 Å². The minimum atomic E-state index is 0.0417. The number of carbonyl (C=O) groups excluding carboxylic acids is 1. The fourth-order valence-electron chi connectivity index (χ4n) is 1.79. The summed E-state index contributed by atoms with van der Waals surface area (Å²) in [6, 6.07) is 0.216. The van der Waals surface area contributed by atoms with E-state index in [1.807, 2.05) is 24.6 Å². The quantitative estimate of drug-likeness (QED) is 0.771. The first-order chi connectivity index (χ1) is 8.58. The number of amides is 1. The third-order valence-electron chi connectivity index (χ3n) is 2.83. The molecule has 5 nitrogen and oxygen atoms in total. The first-order valence-electron chi connectivity index (χ1n) is 6.62. The molecule has 0 aliphatic carbocycles. The Labute approximate surface area is 109 Å². The molecular formula is C13H24N4O. The van der Waals surface area contributed by atoms with Crippen LogP contribution in [0.4, 0.5) is 0 Å². The van der Waals surface area contributed by atoms with Crippen LogP contribution in [0.25, 0.3) is 0 Å². The number of aromatic nitrogens is 2. The molecule has 18 heavy (non-hydrogen) atoms. The van der Waals surface area contributed by atoms with E-state index in [0.29, 0.717) is 6.54 Å². The highest BCUT2D eigenvalue weighted by molar-refractivity contribution is 5.75. The molecule has 1 rings (SSSR count). The van der Waals surface area contributed by atoms with E-state index in [2.05, 4.69) is 29.5 Å². The number of hydrogen-bond acceptors (Lipinski definition) is 3. The summed E-state index contributed by atoms with van der Waals surface area (Å²) >= 11 is 0. The third-order valence-corrected chi connectivity index (χ3v) is 2.83. The van der Waals surface area contributed by atoms with Gasteiger partial charge < -0.3 is 15.2 Å². The number of hydrogen-bond donors (Lipinski definition) is 2. The molecule has 102 valence electrons. The summed E-state index contributed by atoms with van der Waals surface area (Å²) in [6.07, 6.45) is 2.91. The maximum atomic E-state index is 11.7. The maximum Gasteiger partial charge on any atom is 0.239 e. The lowest BCUT2D eigenvalue weighted by atomic mass is 10.2. The van der Waals surface area contributed by atoms with Crippen LogP contribution in [0, 0.1) is 6.92 Å². The molecule has 0 fully saturated rings. The van der Waals surface area contributed by atoms with E-state index in [4.69, 9.17) is 0 Å². The summed E-state index contributed by atoms with van der Waals surface area (Å²) in [6.45, 7) is 10.1. The summed E-state index contributed by atoms with van der Waals surface area (Å²) in [5, 5.41) is 6.18. The summed E-state index contributed by atoms with van der Waals surface area (Å²) in [7, 11) is 0. The Hall–Kier alpha value is -1.36. The first-order valence-corrected chi connectivity index (χ1v) is 6.62. The van der Waals surface area contributed by atoms with Gasteiger partial charge in [-0.2, -0.15) is 0 Å². The van der Waals surface area contributed by atoms with Crippen LogP contribution in [0.3, 0.4) is 0 Å². The number of rotatable bonds is 7. The van der Waals surface area contributed by atoms with Gasteiger partial charge in [0.05, 0.1) is 5.69 Å². The second-order valence-electron chi connectivity index (χ2n) is 4.47. The smallest absolute Gasteiger partial charge is 0.239 e. The Morgan fingerprint density at radius 2 is 2.22 bits per heavy atom. The van der Waals surface area contributed by atoms with E-state index in [9.17, 15) is 4.79 Å². The molecule has 0 bridgehead atoms. The molecule has 0 radical (unpaired) electrons. The average Bonchev–Trinajstić information content (AvgIpc) is 2.69. The van der Waals surface area contributed by atoms with E-state index in [1.165, 1.54) is 0 Å². The van der Waals surface area contributed by atoms with Crippen molar-refractivity contribution in [2.24, 2.45) is 0 Å². The molecule has 1 amide bonds. The summed E-state index contributed by atoms with van der Waals surface area (Å²) < 4.78 is 1.90. The molecule has 0 saturated carbocycles. The Morgan fingerprint density at radius 3 is 2.83 bits per heavy atom. The van der Waals surface area contributed by atoms with Gasteiger partial charge in [0.15, 0.2) is 0 Å². The van der Waals surface area contributed by atoms with Crippen molar-refractivity contribution in [2.75, 3.05) is 13.1 Å². The first kappa shape index (κ1) is 14.7. The minimum Gasteiger partial charge on any atom is -0.355 e. The van der Waals surface area contributed by atoms with Gasteiger partial charge in [0.2, 0.25) is 5.91 Å². The predicted octanol–water partition coefficient (Wildman–Crippen LogP) is 1.39. The highest BCUT2D eigenvalue weighted by Gasteiger charge is 2.12. The van der Waals surface area contributed by atoms with Gasteiger partial charge in [-0.1, -0.05) is 13.8 Å². The van der Waals surface area contributed by atoms with Crippen LogP contribution in [0.5, 0.6) is 0 Å². The van der Waals surface area contributed by atoms with E-state index >= 15 is 0 Å². The number of nitrogens with one attached hydrogen (secondary N) is 2. The van der Waals surface area contributed by atoms with Crippen molar-refractivity contribution in [3.63, 3.8) is 0 Å². The van der Waals surface area contributed by atoms with Crippen LogP contribution in [0.1, 0.15) is 44.8 Å². The Bertz CT molecular complexity index is 386. The SMILES string of the molecule is CCCNC(=O)Cn1cc(C(C)NCC)nc1C. The molecule has 0 aromatic carbocycles. The van der Waals surface area contributed by atoms with Gasteiger partial charge in [0.25, 0.3) is 0 Å². The zero-order valence-corrected chi connectivity index (χ0v) is 11.8. The molecule has 0 spiro atoms. The molecule has 1 atom stereocenters. The van der Waals surface area contributed by atoms with Crippen molar-refractivity contribution in [3.8, 4) is 0 Å². The molecule has 0 aliphatic heterocycles. The number of nitrogens with zero attached hydrogens (tertiary/aromatic N) is 2. The Kier molecular flexibility index (Phi) is 5.85. The molecule has 1 aromatic rings. The predicted molar refractivity (Wildman–Crippen MR) is 72.4 cm³/mol. The molecule has 1 unspecified atom stereocenters. The number of aryl methyl sites for hydroxylation is 1. The lowest BCUT2D eigenvalue weighted by Crippen LogP contribution is -2.28. The average molecular weight is 252 g/mol. The van der Waals surface area contributed by atoms with E-state index in [0.717, 1.165) is 31.0 Å². The van der Waals surface area contributed by atoms with Crippen LogP contribution in [-0.4, -0.2) is 28.5 Å². The largest absolute Gasteiger partial charge is 0.355 e. The van der Waals surface area contributed by atoms with Crippen LogP contribution < -0.4 is 10.6 Å². The highest BCUT2D eigenvalue weighted by atomic mass is 16.1. The van der Waals surface area contributed by atoms with Crippen molar-refractivity contribution < 1.29 is 4.79 Å². The van der Waals surface area contributed by atoms with Gasteiger partial charge in [-0.25, -0.2) is 4.98 Å². The van der Waals surface area contributed by atoms with Gasteiger partial charge in [-0.05, 0) is 26.8 Å². The Morgan fingerprint density at radius 1 is 1.50 bits per heavy atom. The standard InChI is InChI=1S/C13H24N4O/c1-5-7-15-13(18)9-17-8-12(16-11(17)4)10(3)14-6-2/h8,10,14H,5-7,9H2,1-4H3,(H,15,18). The monoisotopic (exact) mass is 252 g/mol. The molecule has 1 aromatic heterocycles. The molecule has 5 heteroatoms. The van der Waals surface area contributed by atoms with Gasteiger partial charge in [-0.3, -0.25) is 4.79 Å². The zero-order valence-electron chi connectivity index (χ0n) is 11.8. The number of carbonyl (C=O) groups is 1. The maximum absolute atomic E-state index is 11.7. The summed E-state index contributed by atoms with van der Waals surface area (Å²) in [5.41, 5.74) is 0.984. The second-order valence-corrected chi connectivity index (χ2v) is 4.47. The summed E-state index contributed by atoms with van der Waals surface area (Å²) in [4.78, 5) is 16.1. The Balaban J connectivity index is 2.64. The molecule has 0 aliphatic rings. The molecule has 2 N–H and O–H groups in total. The lowest BCUT2D eigenvalue weighted by Gasteiger charge is -2.08. The van der Waals surface area contributed by atoms with Crippen LogP contribution in [0.2, 0.25) is 0 Å². The van der Waals surface area contributed by atoms with Gasteiger partial charge >= 0.3 is 0 Å². The van der Waals surface area contributed by atoms with Crippen LogP contribution in [0.15, 0.2) is 6.20 Å². The molecule has 1 heterocycles. The van der Waals surface area contributed by atoms with Crippen LogP contribution >= 0.6 is 0 Å². The van der Waals surface area contributed by atoms with E-state index in [-0.39, 0.29) is 11.9 Å². The number of imidazole rings is 1. The van der Waals surface area contributed by atoms with Crippen molar-refractivity contribution in [2.45, 2.75) is 46.7 Å². The van der Waals surface area contributed by atoms with E-state index in [1.54, 1.807) is 0 Å². The highest BCUT2D eigenvalue weighted by Crippen LogP contribution is 2.11. The molecular weight excluding hydrogens is 228 g/mol. The zero-order chi connectivity index (χ0) is 13.5. The topological polar surface area (TPSA) is 59.0 Å². The van der Waals surface area contributed by atoms with Crippen molar-refractivity contribution >= 4 is 5.91 Å². The lowest BCUT2D eigenvalue weighted by molar-refractivity contribution is -0.121. The normalized spacial score (nSPS) is 12.4. The fourth-order valence-corrected chi connectivity index (χ4v) is 1.79. The van der Waals surface area contributed by atoms with Gasteiger partial charge in [0, 0.05) is 18.8 Å². The fraction of sp³-hybridized carbons (Fsp3) is 0.692. The minimum absolute atomic E-state index is 0.0417. The van der Waals surface area contributed by atoms with Crippen molar-refractivity contribution in [1.82, 2.24) is 20.2 Å². The van der Waals surface area contributed by atoms with Crippen LogP contribution in [-0.2, 0) is 11.3 Å².